The van der Waals surface area contributed by atoms with Crippen molar-refractivity contribution in [1.29, 1.82) is 0 Å². The molecule has 0 saturated carbocycles. The topological polar surface area (TPSA) is 71.2 Å². The minimum Gasteiger partial charge on any atom is -0.354 e. The van der Waals surface area contributed by atoms with Gasteiger partial charge in [-0.25, -0.2) is 0 Å². The van der Waals surface area contributed by atoms with Gasteiger partial charge in [0, 0.05) is 44.5 Å². The maximum absolute atomic E-state index is 11.2. The second kappa shape index (κ2) is 7.52. The first kappa shape index (κ1) is 15.9. The van der Waals surface area contributed by atoms with E-state index in [0.717, 1.165) is 32.4 Å². The van der Waals surface area contributed by atoms with Gasteiger partial charge in [0.1, 0.15) is 0 Å². The lowest BCUT2D eigenvalue weighted by atomic mass is 9.94. The Kier molecular flexibility index (Phi) is 5.70. The quantitative estimate of drug-likeness (QED) is 0.861. The number of nitrogens with one attached hydrogen (secondary N) is 1. The van der Waals surface area contributed by atoms with Crippen LogP contribution in [-0.4, -0.2) is 41.0 Å². The number of carbonyl (C=O) groups is 1. The second-order valence-corrected chi connectivity index (χ2v) is 5.81. The molecule has 1 aromatic heterocycles. The summed E-state index contributed by atoms with van der Waals surface area (Å²) in [6.07, 6.45) is 6.60. The van der Waals surface area contributed by atoms with Crippen molar-refractivity contribution in [1.82, 2.24) is 15.2 Å². The third-order valence-electron chi connectivity index (χ3n) is 4.23. The van der Waals surface area contributed by atoms with Gasteiger partial charge >= 0.3 is 0 Å². The normalized spacial score (nSPS) is 20.0. The molecule has 0 bridgehead atoms. The highest BCUT2D eigenvalue weighted by Crippen LogP contribution is 2.27. The molecule has 1 fully saturated rings. The van der Waals surface area contributed by atoms with Crippen LogP contribution in [0.15, 0.2) is 24.5 Å². The Balaban J connectivity index is 2.04. The predicted octanol–water partition coefficient (Wildman–Crippen LogP) is 1.46. The summed E-state index contributed by atoms with van der Waals surface area (Å²) in [6, 6.07) is 4.68. The standard InChI is InChI=1S/C16H26N4O/c1-3-15(17)16(13-5-4-8-18-11-13)20-9-6-14(7-10-20)19-12(2)21/h4-5,8,11,14-16H,3,6-7,9-10,17H2,1-2H3,(H,19,21). The van der Waals surface area contributed by atoms with Gasteiger partial charge < -0.3 is 11.1 Å². The summed E-state index contributed by atoms with van der Waals surface area (Å²) < 4.78 is 0. The maximum Gasteiger partial charge on any atom is 0.217 e. The zero-order valence-electron chi connectivity index (χ0n) is 13.0. The average molecular weight is 290 g/mol. The molecule has 1 aliphatic heterocycles. The number of piperidine rings is 1. The van der Waals surface area contributed by atoms with E-state index in [4.69, 9.17) is 5.73 Å². The Morgan fingerprint density at radius 3 is 2.76 bits per heavy atom. The van der Waals surface area contributed by atoms with Crippen LogP contribution < -0.4 is 11.1 Å². The predicted molar refractivity (Wildman–Crippen MR) is 83.7 cm³/mol. The van der Waals surface area contributed by atoms with Crippen LogP contribution in [-0.2, 0) is 4.79 Å². The van der Waals surface area contributed by atoms with Crippen molar-refractivity contribution in [2.45, 2.75) is 51.2 Å². The molecule has 0 radical (unpaired) electrons. The average Bonchev–Trinajstić information content (AvgIpc) is 2.49. The van der Waals surface area contributed by atoms with Crippen LogP contribution in [0.3, 0.4) is 0 Å². The van der Waals surface area contributed by atoms with Crippen molar-refractivity contribution in [2.24, 2.45) is 5.73 Å². The van der Waals surface area contributed by atoms with Gasteiger partial charge in [-0.15, -0.1) is 0 Å². The van der Waals surface area contributed by atoms with Gasteiger partial charge in [-0.05, 0) is 30.9 Å². The van der Waals surface area contributed by atoms with E-state index in [9.17, 15) is 4.79 Å². The summed E-state index contributed by atoms with van der Waals surface area (Å²) in [6.45, 7) is 5.62. The molecule has 2 heterocycles. The number of hydrogen-bond donors (Lipinski definition) is 2. The fraction of sp³-hybridized carbons (Fsp3) is 0.625. The van der Waals surface area contributed by atoms with E-state index in [1.165, 1.54) is 5.56 Å². The number of aromatic nitrogens is 1. The summed E-state index contributed by atoms with van der Waals surface area (Å²) in [5.41, 5.74) is 7.54. The van der Waals surface area contributed by atoms with Gasteiger partial charge in [0.25, 0.3) is 0 Å². The van der Waals surface area contributed by atoms with Crippen LogP contribution in [0.4, 0.5) is 0 Å². The summed E-state index contributed by atoms with van der Waals surface area (Å²) in [7, 11) is 0. The third kappa shape index (κ3) is 4.25. The molecule has 2 unspecified atom stereocenters. The largest absolute Gasteiger partial charge is 0.354 e. The number of pyridine rings is 1. The number of amides is 1. The maximum atomic E-state index is 11.2. The first-order valence-corrected chi connectivity index (χ1v) is 7.78. The lowest BCUT2D eigenvalue weighted by Crippen LogP contribution is -2.49. The molecule has 21 heavy (non-hydrogen) atoms. The Morgan fingerprint density at radius 2 is 2.24 bits per heavy atom. The van der Waals surface area contributed by atoms with Crippen LogP contribution in [0.1, 0.15) is 44.7 Å². The summed E-state index contributed by atoms with van der Waals surface area (Å²) in [5, 5.41) is 3.01. The molecule has 3 N–H and O–H groups in total. The van der Waals surface area contributed by atoms with E-state index >= 15 is 0 Å². The molecule has 5 heteroatoms. The lowest BCUT2D eigenvalue weighted by molar-refractivity contribution is -0.120. The van der Waals surface area contributed by atoms with Crippen LogP contribution in [0.2, 0.25) is 0 Å². The Morgan fingerprint density at radius 1 is 1.52 bits per heavy atom. The molecule has 2 atom stereocenters. The Hall–Kier alpha value is -1.46. The fourth-order valence-electron chi connectivity index (χ4n) is 3.11. The molecule has 2 rings (SSSR count). The zero-order chi connectivity index (χ0) is 15.2. The van der Waals surface area contributed by atoms with Crippen LogP contribution >= 0.6 is 0 Å². The zero-order valence-corrected chi connectivity index (χ0v) is 13.0. The first-order chi connectivity index (χ1) is 10.1. The Labute approximate surface area is 126 Å². The fourth-order valence-corrected chi connectivity index (χ4v) is 3.11. The number of hydrogen-bond acceptors (Lipinski definition) is 4. The van der Waals surface area contributed by atoms with E-state index < -0.39 is 0 Å². The van der Waals surface area contributed by atoms with Gasteiger partial charge in [-0.2, -0.15) is 0 Å². The van der Waals surface area contributed by atoms with Gasteiger partial charge in [0.05, 0.1) is 6.04 Å². The molecule has 1 amide bonds. The highest BCUT2D eigenvalue weighted by molar-refractivity contribution is 5.73. The van der Waals surface area contributed by atoms with Crippen molar-refractivity contribution < 1.29 is 4.79 Å². The highest BCUT2D eigenvalue weighted by atomic mass is 16.1. The van der Waals surface area contributed by atoms with Crippen LogP contribution in [0.5, 0.6) is 0 Å². The van der Waals surface area contributed by atoms with Gasteiger partial charge in [-0.1, -0.05) is 13.0 Å². The number of rotatable bonds is 5. The second-order valence-electron chi connectivity index (χ2n) is 5.81. The van der Waals surface area contributed by atoms with E-state index in [0.29, 0.717) is 6.04 Å². The number of carbonyl (C=O) groups excluding carboxylic acids is 1. The van der Waals surface area contributed by atoms with Crippen molar-refractivity contribution in [3.8, 4) is 0 Å². The van der Waals surface area contributed by atoms with E-state index in [2.05, 4.69) is 28.2 Å². The summed E-state index contributed by atoms with van der Waals surface area (Å²) in [5.74, 6) is 0.0579. The lowest BCUT2D eigenvalue weighted by Gasteiger charge is -2.40. The van der Waals surface area contributed by atoms with E-state index in [-0.39, 0.29) is 18.0 Å². The Bertz CT molecular complexity index is 443. The van der Waals surface area contributed by atoms with Gasteiger partial charge in [0.2, 0.25) is 5.91 Å². The van der Waals surface area contributed by atoms with Crippen molar-refractivity contribution in [3.63, 3.8) is 0 Å². The van der Waals surface area contributed by atoms with Crippen molar-refractivity contribution >= 4 is 5.91 Å². The van der Waals surface area contributed by atoms with Crippen LogP contribution in [0, 0.1) is 0 Å². The third-order valence-corrected chi connectivity index (χ3v) is 4.23. The molecular formula is C16H26N4O. The first-order valence-electron chi connectivity index (χ1n) is 7.78. The monoisotopic (exact) mass is 290 g/mol. The van der Waals surface area contributed by atoms with Crippen LogP contribution in [0.25, 0.3) is 0 Å². The molecule has 0 spiro atoms. The SMILES string of the molecule is CCC(N)C(c1cccnc1)N1CCC(NC(C)=O)CC1. The van der Waals surface area contributed by atoms with Gasteiger partial charge in [-0.3, -0.25) is 14.7 Å². The molecule has 1 aromatic rings. The molecule has 5 nitrogen and oxygen atoms in total. The van der Waals surface area contributed by atoms with Crippen molar-refractivity contribution in [3.05, 3.63) is 30.1 Å². The molecule has 1 aliphatic rings. The minimum atomic E-state index is 0.0579. The number of nitrogens with zero attached hydrogens (tertiary/aromatic N) is 2. The molecule has 1 saturated heterocycles. The summed E-state index contributed by atoms with van der Waals surface area (Å²) >= 11 is 0. The number of nitrogens with two attached hydrogens (primary N) is 1. The van der Waals surface area contributed by atoms with E-state index in [1.54, 1.807) is 13.1 Å². The molecule has 116 valence electrons. The molecular weight excluding hydrogens is 264 g/mol. The van der Waals surface area contributed by atoms with Crippen molar-refractivity contribution in [2.75, 3.05) is 13.1 Å². The molecule has 0 aromatic carbocycles. The smallest absolute Gasteiger partial charge is 0.217 e. The summed E-state index contributed by atoms with van der Waals surface area (Å²) in [4.78, 5) is 17.8. The minimum absolute atomic E-state index is 0.0579. The van der Waals surface area contributed by atoms with Gasteiger partial charge in [0.15, 0.2) is 0 Å². The highest BCUT2D eigenvalue weighted by Gasteiger charge is 2.29. The number of likely N-dealkylation sites (tertiary alicyclic amines) is 1. The van der Waals surface area contributed by atoms with E-state index in [1.807, 2.05) is 12.3 Å². The molecule has 0 aliphatic carbocycles.